The van der Waals surface area contributed by atoms with Gasteiger partial charge in [-0.3, -0.25) is 9.36 Å². The van der Waals surface area contributed by atoms with Gasteiger partial charge in [0, 0.05) is 19.8 Å². The van der Waals surface area contributed by atoms with E-state index >= 15 is 0 Å². The van der Waals surface area contributed by atoms with Gasteiger partial charge in [-0.1, -0.05) is 23.8 Å². The topological polar surface area (TPSA) is 52.6 Å². The highest BCUT2D eigenvalue weighted by atomic mass is 31.2. The van der Waals surface area contributed by atoms with Gasteiger partial charge in [-0.25, -0.2) is 0 Å². The summed E-state index contributed by atoms with van der Waals surface area (Å²) in [5, 5.41) is 0. The molecular weight excluding hydrogens is 215 g/mol. The van der Waals surface area contributed by atoms with E-state index < -0.39 is 13.1 Å². The molecule has 0 saturated carbocycles. The predicted molar refractivity (Wildman–Crippen MR) is 57.1 cm³/mol. The quantitative estimate of drug-likeness (QED) is 0.743. The first-order valence-corrected chi connectivity index (χ1v) is 5.91. The van der Waals surface area contributed by atoms with Crippen molar-refractivity contribution < 1.29 is 18.4 Å². The van der Waals surface area contributed by atoms with Crippen LogP contribution in [-0.2, 0) is 13.6 Å². The maximum Gasteiger partial charge on any atom is 0.401 e. The van der Waals surface area contributed by atoms with Gasteiger partial charge in [0.05, 0.1) is 0 Å². The Morgan fingerprint density at radius 3 is 2.33 bits per heavy atom. The molecule has 1 aromatic rings. The zero-order valence-corrected chi connectivity index (χ0v) is 9.78. The van der Waals surface area contributed by atoms with Gasteiger partial charge < -0.3 is 9.05 Å². The van der Waals surface area contributed by atoms with Crippen molar-refractivity contribution in [1.82, 2.24) is 0 Å². The Morgan fingerprint density at radius 2 is 1.87 bits per heavy atom. The molecule has 0 aliphatic heterocycles. The molecule has 0 fully saturated rings. The third kappa shape index (κ3) is 2.53. The van der Waals surface area contributed by atoms with E-state index in [9.17, 15) is 9.36 Å². The Bertz CT molecular complexity index is 406. The lowest BCUT2D eigenvalue weighted by Gasteiger charge is -2.11. The van der Waals surface area contributed by atoms with Crippen molar-refractivity contribution in [3.63, 3.8) is 0 Å². The van der Waals surface area contributed by atoms with Crippen molar-refractivity contribution in [3.8, 4) is 0 Å². The molecule has 15 heavy (non-hydrogen) atoms. The molecule has 1 rings (SSSR count). The molecule has 0 heterocycles. The van der Waals surface area contributed by atoms with E-state index in [0.717, 1.165) is 5.56 Å². The van der Waals surface area contributed by atoms with Gasteiger partial charge in [0.25, 0.3) is 5.52 Å². The SMILES string of the molecule is COP(=O)(OC)C(=O)c1cccc(C)c1. The maximum absolute atomic E-state index is 11.8. The molecule has 0 bridgehead atoms. The summed E-state index contributed by atoms with van der Waals surface area (Å²) in [6, 6.07) is 6.80. The molecule has 0 aromatic heterocycles. The first-order chi connectivity index (χ1) is 7.03. The van der Waals surface area contributed by atoms with Crippen LogP contribution in [0.3, 0.4) is 0 Å². The first-order valence-electron chi connectivity index (χ1n) is 4.36. The second-order valence-electron chi connectivity index (χ2n) is 3.04. The second-order valence-corrected chi connectivity index (χ2v) is 5.17. The summed E-state index contributed by atoms with van der Waals surface area (Å²) in [6.07, 6.45) is 0. The van der Waals surface area contributed by atoms with Crippen LogP contribution in [0.15, 0.2) is 24.3 Å². The Hall–Kier alpha value is -0.960. The molecule has 82 valence electrons. The molecule has 0 N–H and O–H groups in total. The molecule has 5 heteroatoms. The summed E-state index contributed by atoms with van der Waals surface area (Å²) in [7, 11) is -1.27. The fourth-order valence-corrected chi connectivity index (χ4v) is 2.11. The van der Waals surface area contributed by atoms with Crippen LogP contribution in [0.1, 0.15) is 15.9 Å². The van der Waals surface area contributed by atoms with Crippen LogP contribution in [0, 0.1) is 6.92 Å². The van der Waals surface area contributed by atoms with Crippen molar-refractivity contribution >= 4 is 13.1 Å². The van der Waals surface area contributed by atoms with E-state index in [1.54, 1.807) is 18.2 Å². The Kier molecular flexibility index (Phi) is 3.80. The first kappa shape index (κ1) is 12.1. The molecule has 0 aliphatic rings. The van der Waals surface area contributed by atoms with Crippen molar-refractivity contribution in [2.45, 2.75) is 6.92 Å². The summed E-state index contributed by atoms with van der Waals surface area (Å²) < 4.78 is 21.0. The molecule has 0 radical (unpaired) electrons. The summed E-state index contributed by atoms with van der Waals surface area (Å²) in [5.41, 5.74) is 0.637. The van der Waals surface area contributed by atoms with Crippen LogP contribution in [0.2, 0.25) is 0 Å². The van der Waals surface area contributed by atoms with Crippen molar-refractivity contribution in [3.05, 3.63) is 35.4 Å². The van der Waals surface area contributed by atoms with Crippen LogP contribution in [0.25, 0.3) is 0 Å². The van der Waals surface area contributed by atoms with E-state index in [-0.39, 0.29) is 0 Å². The molecule has 0 spiro atoms. The number of rotatable bonds is 4. The van der Waals surface area contributed by atoms with Gasteiger partial charge >= 0.3 is 7.60 Å². The second kappa shape index (κ2) is 4.71. The number of benzene rings is 1. The average Bonchev–Trinajstić information content (AvgIpc) is 2.27. The van der Waals surface area contributed by atoms with Crippen LogP contribution in [0.5, 0.6) is 0 Å². The molecule has 0 amide bonds. The van der Waals surface area contributed by atoms with Gasteiger partial charge in [0.15, 0.2) is 0 Å². The minimum Gasteiger partial charge on any atom is -0.306 e. The largest absolute Gasteiger partial charge is 0.401 e. The minimum atomic E-state index is -3.65. The predicted octanol–water partition coefficient (Wildman–Crippen LogP) is 2.62. The number of carbonyl (C=O) groups excluding carboxylic acids is 1. The third-order valence-electron chi connectivity index (χ3n) is 1.99. The molecule has 4 nitrogen and oxygen atoms in total. The van der Waals surface area contributed by atoms with Gasteiger partial charge in [0.2, 0.25) is 0 Å². The van der Waals surface area contributed by atoms with Gasteiger partial charge in [0.1, 0.15) is 0 Å². The average molecular weight is 228 g/mol. The zero-order valence-electron chi connectivity index (χ0n) is 8.89. The normalized spacial score (nSPS) is 11.4. The monoisotopic (exact) mass is 228 g/mol. The van der Waals surface area contributed by atoms with Crippen molar-refractivity contribution in [1.29, 1.82) is 0 Å². The van der Waals surface area contributed by atoms with Gasteiger partial charge in [-0.2, -0.15) is 0 Å². The molecule has 0 saturated heterocycles. The van der Waals surface area contributed by atoms with E-state index in [0.29, 0.717) is 5.56 Å². The lowest BCUT2D eigenvalue weighted by molar-refractivity contribution is 0.102. The minimum absolute atomic E-state index is 0.335. The summed E-state index contributed by atoms with van der Waals surface area (Å²) in [4.78, 5) is 11.8. The summed E-state index contributed by atoms with van der Waals surface area (Å²) in [5.74, 6) is 0. The number of carbonyl (C=O) groups is 1. The van der Waals surface area contributed by atoms with Crippen molar-refractivity contribution in [2.24, 2.45) is 0 Å². The Morgan fingerprint density at radius 1 is 1.27 bits per heavy atom. The third-order valence-corrected chi connectivity index (χ3v) is 3.71. The highest BCUT2D eigenvalue weighted by Gasteiger charge is 2.33. The van der Waals surface area contributed by atoms with E-state index in [2.05, 4.69) is 9.05 Å². The van der Waals surface area contributed by atoms with Crippen LogP contribution < -0.4 is 0 Å². The molecular formula is C10H13O4P. The summed E-state index contributed by atoms with van der Waals surface area (Å²) >= 11 is 0. The highest BCUT2D eigenvalue weighted by Crippen LogP contribution is 2.49. The number of aryl methyl sites for hydroxylation is 1. The fraction of sp³-hybridized carbons (Fsp3) is 0.300. The maximum atomic E-state index is 11.8. The van der Waals surface area contributed by atoms with Crippen LogP contribution in [0.4, 0.5) is 0 Å². The smallest absolute Gasteiger partial charge is 0.306 e. The molecule has 0 atom stereocenters. The Balaban J connectivity index is 3.09. The summed E-state index contributed by atoms with van der Waals surface area (Å²) in [6.45, 7) is 1.85. The molecule has 1 aromatic carbocycles. The van der Waals surface area contributed by atoms with Gasteiger partial charge in [-0.15, -0.1) is 0 Å². The van der Waals surface area contributed by atoms with E-state index in [1.165, 1.54) is 14.2 Å². The van der Waals surface area contributed by atoms with Crippen LogP contribution >= 0.6 is 7.60 Å². The molecule has 0 aliphatic carbocycles. The number of hydrogen-bond donors (Lipinski definition) is 0. The number of hydrogen-bond acceptors (Lipinski definition) is 4. The lowest BCUT2D eigenvalue weighted by atomic mass is 10.2. The van der Waals surface area contributed by atoms with Crippen LogP contribution in [-0.4, -0.2) is 19.7 Å². The highest BCUT2D eigenvalue weighted by molar-refractivity contribution is 7.72. The molecule has 0 unspecified atom stereocenters. The van der Waals surface area contributed by atoms with Gasteiger partial charge in [-0.05, 0) is 13.0 Å². The standard InChI is InChI=1S/C10H13O4P/c1-8-5-4-6-9(7-8)10(11)15(12,13-2)14-3/h4-7H,1-3H3. The zero-order chi connectivity index (χ0) is 11.5. The lowest BCUT2D eigenvalue weighted by Crippen LogP contribution is -2.04. The Labute approximate surface area is 88.7 Å². The van der Waals surface area contributed by atoms with E-state index in [1.807, 2.05) is 13.0 Å². The van der Waals surface area contributed by atoms with E-state index in [4.69, 9.17) is 0 Å². The fourth-order valence-electron chi connectivity index (χ4n) is 1.18. The van der Waals surface area contributed by atoms with Crippen molar-refractivity contribution in [2.75, 3.05) is 14.2 Å².